The lowest BCUT2D eigenvalue weighted by molar-refractivity contribution is -0.134. The number of nitrogens with zero attached hydrogens (tertiary/aromatic N) is 1. The van der Waals surface area contributed by atoms with Gasteiger partial charge >= 0.3 is 0 Å². The van der Waals surface area contributed by atoms with Crippen molar-refractivity contribution in [2.75, 3.05) is 20.1 Å². The first-order valence-corrected chi connectivity index (χ1v) is 6.68. The number of nitrogens with one attached hydrogen (secondary N) is 1. The second-order valence-electron chi connectivity index (χ2n) is 5.47. The van der Waals surface area contributed by atoms with Crippen molar-refractivity contribution in [2.45, 2.75) is 45.1 Å². The zero-order valence-electron chi connectivity index (χ0n) is 10.5. The summed E-state index contributed by atoms with van der Waals surface area (Å²) < 4.78 is 0. The fourth-order valence-electron chi connectivity index (χ4n) is 2.90. The number of hydrogen-bond donors (Lipinski definition) is 1. The summed E-state index contributed by atoms with van der Waals surface area (Å²) in [5.41, 5.74) is 0. The summed E-state index contributed by atoms with van der Waals surface area (Å²) in [5.74, 6) is 1.60. The van der Waals surface area contributed by atoms with E-state index in [2.05, 4.69) is 17.1 Å². The Morgan fingerprint density at radius 2 is 2.06 bits per heavy atom. The summed E-state index contributed by atoms with van der Waals surface area (Å²) in [7, 11) is 1.91. The van der Waals surface area contributed by atoms with E-state index in [1.807, 2.05) is 7.05 Å². The van der Waals surface area contributed by atoms with Crippen molar-refractivity contribution in [1.82, 2.24) is 10.2 Å². The maximum atomic E-state index is 12.3. The predicted molar refractivity (Wildman–Crippen MR) is 65.2 cm³/mol. The summed E-state index contributed by atoms with van der Waals surface area (Å²) in [6, 6.07) is 0.0441. The lowest BCUT2D eigenvalue weighted by Gasteiger charge is -2.33. The minimum Gasteiger partial charge on any atom is -0.341 e. The molecule has 2 unspecified atom stereocenters. The highest BCUT2D eigenvalue weighted by molar-refractivity contribution is 5.82. The van der Waals surface area contributed by atoms with E-state index in [-0.39, 0.29) is 6.04 Å². The predicted octanol–water partition coefficient (Wildman–Crippen LogP) is 1.63. The maximum Gasteiger partial charge on any atom is 0.239 e. The quantitative estimate of drug-likeness (QED) is 0.790. The normalized spacial score (nSPS) is 32.4. The van der Waals surface area contributed by atoms with Gasteiger partial charge in [-0.3, -0.25) is 4.79 Å². The number of likely N-dealkylation sites (tertiary alicyclic amines) is 1. The molecule has 0 aromatic carbocycles. The molecule has 1 amide bonds. The molecule has 3 nitrogen and oxygen atoms in total. The Bertz CT molecular complexity index is 250. The number of rotatable bonds is 3. The molecule has 92 valence electrons. The Morgan fingerprint density at radius 3 is 2.62 bits per heavy atom. The van der Waals surface area contributed by atoms with Gasteiger partial charge in [-0.25, -0.2) is 0 Å². The molecule has 2 atom stereocenters. The van der Waals surface area contributed by atoms with Crippen LogP contribution in [0.4, 0.5) is 0 Å². The van der Waals surface area contributed by atoms with Crippen LogP contribution >= 0.6 is 0 Å². The van der Waals surface area contributed by atoms with Crippen molar-refractivity contribution >= 4 is 5.91 Å². The highest BCUT2D eigenvalue weighted by Crippen LogP contribution is 2.28. The molecule has 0 bridgehead atoms. The van der Waals surface area contributed by atoms with Crippen LogP contribution in [-0.2, 0) is 4.79 Å². The van der Waals surface area contributed by atoms with E-state index in [9.17, 15) is 4.79 Å². The highest BCUT2D eigenvalue weighted by Gasteiger charge is 2.32. The Morgan fingerprint density at radius 1 is 1.31 bits per heavy atom. The molecule has 1 N–H and O–H groups in total. The number of carbonyl (C=O) groups excluding carboxylic acids is 1. The van der Waals surface area contributed by atoms with Gasteiger partial charge in [-0.15, -0.1) is 0 Å². The van der Waals surface area contributed by atoms with Crippen LogP contribution in [0.25, 0.3) is 0 Å². The average Bonchev–Trinajstić information content (AvgIpc) is 2.32. The van der Waals surface area contributed by atoms with Crippen molar-refractivity contribution in [3.63, 3.8) is 0 Å². The van der Waals surface area contributed by atoms with Gasteiger partial charge in [0.25, 0.3) is 0 Å². The van der Waals surface area contributed by atoms with Gasteiger partial charge in [0.15, 0.2) is 0 Å². The number of hydrogen-bond acceptors (Lipinski definition) is 2. The number of carbonyl (C=O) groups is 1. The molecular weight excluding hydrogens is 200 g/mol. The molecular formula is C13H24N2O. The van der Waals surface area contributed by atoms with Gasteiger partial charge in [0.05, 0.1) is 6.04 Å². The Balaban J connectivity index is 1.97. The topological polar surface area (TPSA) is 32.3 Å². The van der Waals surface area contributed by atoms with Crippen molar-refractivity contribution in [3.05, 3.63) is 0 Å². The number of likely N-dealkylation sites (N-methyl/N-ethyl adjacent to an activating group) is 1. The molecule has 0 radical (unpaired) electrons. The molecule has 2 aliphatic rings. The van der Waals surface area contributed by atoms with E-state index in [1.54, 1.807) is 0 Å². The van der Waals surface area contributed by atoms with Crippen LogP contribution in [0.15, 0.2) is 0 Å². The third-order valence-corrected chi connectivity index (χ3v) is 4.25. The monoisotopic (exact) mass is 224 g/mol. The lowest BCUT2D eigenvalue weighted by Crippen LogP contribution is -2.48. The third-order valence-electron chi connectivity index (χ3n) is 4.25. The van der Waals surface area contributed by atoms with Gasteiger partial charge in [0.1, 0.15) is 0 Å². The Kier molecular flexibility index (Phi) is 3.85. The van der Waals surface area contributed by atoms with Gasteiger partial charge < -0.3 is 10.2 Å². The smallest absolute Gasteiger partial charge is 0.239 e. The van der Waals surface area contributed by atoms with Crippen LogP contribution in [0.5, 0.6) is 0 Å². The van der Waals surface area contributed by atoms with Gasteiger partial charge in [-0.1, -0.05) is 13.3 Å². The minimum absolute atomic E-state index is 0.0441. The highest BCUT2D eigenvalue weighted by atomic mass is 16.2. The standard InChI is InChI=1S/C13H24N2O/c1-10-5-4-8-15(9-11-6-3-7-11)13(16)12(10)14-2/h10-12,14H,3-9H2,1-2H3. The molecule has 16 heavy (non-hydrogen) atoms. The van der Waals surface area contributed by atoms with Crippen LogP contribution in [0, 0.1) is 11.8 Å². The maximum absolute atomic E-state index is 12.3. The van der Waals surface area contributed by atoms with Gasteiger partial charge in [0, 0.05) is 13.1 Å². The minimum atomic E-state index is 0.0441. The fraction of sp³-hybridized carbons (Fsp3) is 0.923. The number of amides is 1. The van der Waals surface area contributed by atoms with Crippen LogP contribution in [0.2, 0.25) is 0 Å². The second-order valence-corrected chi connectivity index (χ2v) is 5.47. The molecule has 1 aliphatic heterocycles. The van der Waals surface area contributed by atoms with Gasteiger partial charge in [-0.05, 0) is 44.6 Å². The van der Waals surface area contributed by atoms with E-state index in [1.165, 1.54) is 25.7 Å². The summed E-state index contributed by atoms with van der Waals surface area (Å²) in [6.45, 7) is 4.16. The zero-order chi connectivity index (χ0) is 11.5. The molecule has 3 heteroatoms. The van der Waals surface area contributed by atoms with Crippen molar-refractivity contribution in [1.29, 1.82) is 0 Å². The summed E-state index contributed by atoms with van der Waals surface area (Å²) in [6.07, 6.45) is 6.34. The van der Waals surface area contributed by atoms with Crippen LogP contribution in [0.1, 0.15) is 39.0 Å². The first-order valence-electron chi connectivity index (χ1n) is 6.68. The molecule has 1 aliphatic carbocycles. The third kappa shape index (κ3) is 2.40. The van der Waals surface area contributed by atoms with Crippen molar-refractivity contribution in [3.8, 4) is 0 Å². The van der Waals surface area contributed by atoms with E-state index in [0.717, 1.165) is 25.4 Å². The molecule has 1 saturated carbocycles. The molecule has 0 spiro atoms. The largest absolute Gasteiger partial charge is 0.341 e. The molecule has 1 heterocycles. The first kappa shape index (κ1) is 11.9. The van der Waals surface area contributed by atoms with Crippen LogP contribution in [0.3, 0.4) is 0 Å². The van der Waals surface area contributed by atoms with E-state index in [0.29, 0.717) is 11.8 Å². The van der Waals surface area contributed by atoms with E-state index in [4.69, 9.17) is 0 Å². The molecule has 0 aromatic rings. The molecule has 0 aromatic heterocycles. The van der Waals surface area contributed by atoms with Gasteiger partial charge in [0.2, 0.25) is 5.91 Å². The Labute approximate surface area is 98.6 Å². The zero-order valence-corrected chi connectivity index (χ0v) is 10.5. The fourth-order valence-corrected chi connectivity index (χ4v) is 2.90. The molecule has 1 saturated heterocycles. The van der Waals surface area contributed by atoms with Crippen LogP contribution in [-0.4, -0.2) is 37.0 Å². The lowest BCUT2D eigenvalue weighted by atomic mass is 9.85. The molecule has 2 fully saturated rings. The van der Waals surface area contributed by atoms with Crippen molar-refractivity contribution in [2.24, 2.45) is 11.8 Å². The average molecular weight is 224 g/mol. The molecule has 2 rings (SSSR count). The summed E-state index contributed by atoms with van der Waals surface area (Å²) >= 11 is 0. The van der Waals surface area contributed by atoms with E-state index < -0.39 is 0 Å². The Hall–Kier alpha value is -0.570. The first-order chi connectivity index (χ1) is 7.72. The van der Waals surface area contributed by atoms with Crippen LogP contribution < -0.4 is 5.32 Å². The van der Waals surface area contributed by atoms with Crippen molar-refractivity contribution < 1.29 is 4.79 Å². The van der Waals surface area contributed by atoms with Gasteiger partial charge in [-0.2, -0.15) is 0 Å². The SMILES string of the molecule is CNC1C(=O)N(CC2CCC2)CCCC1C. The second kappa shape index (κ2) is 5.17. The summed E-state index contributed by atoms with van der Waals surface area (Å²) in [4.78, 5) is 14.4. The summed E-state index contributed by atoms with van der Waals surface area (Å²) in [5, 5.41) is 3.19. The van der Waals surface area contributed by atoms with E-state index >= 15 is 0 Å².